The predicted molar refractivity (Wildman–Crippen MR) is 101 cm³/mol. The number of halogens is 1. The predicted octanol–water partition coefficient (Wildman–Crippen LogP) is 2.84. The highest BCUT2D eigenvalue weighted by Crippen LogP contribution is 2.24. The molecule has 25 heavy (non-hydrogen) atoms. The molecule has 1 unspecified atom stereocenters. The van der Waals surface area contributed by atoms with Crippen LogP contribution in [0.15, 0.2) is 40.8 Å². The van der Waals surface area contributed by atoms with Crippen molar-refractivity contribution in [2.75, 3.05) is 39.4 Å². The molecule has 6 heteroatoms. The van der Waals surface area contributed by atoms with Crippen molar-refractivity contribution in [1.29, 1.82) is 0 Å². The molecule has 0 aliphatic carbocycles. The molecule has 1 atom stereocenters. The number of hydrogen-bond donors (Lipinski definition) is 2. The lowest BCUT2D eigenvalue weighted by molar-refractivity contribution is 0.0383. The molecule has 138 valence electrons. The van der Waals surface area contributed by atoms with Crippen LogP contribution in [0, 0.1) is 0 Å². The van der Waals surface area contributed by atoms with Crippen molar-refractivity contribution >= 4 is 12.4 Å². The number of aliphatic hydroxyl groups excluding tert-OH is 1. The molecule has 3 rings (SSSR count). The van der Waals surface area contributed by atoms with E-state index in [4.69, 9.17) is 9.15 Å². The van der Waals surface area contributed by atoms with Gasteiger partial charge in [0.2, 0.25) is 0 Å². The van der Waals surface area contributed by atoms with Gasteiger partial charge in [-0.15, -0.1) is 12.4 Å². The van der Waals surface area contributed by atoms with Gasteiger partial charge in [-0.05, 0) is 24.6 Å². The van der Waals surface area contributed by atoms with Gasteiger partial charge in [-0.1, -0.05) is 24.3 Å². The minimum Gasteiger partial charge on any atom is -0.460 e. The van der Waals surface area contributed by atoms with Crippen LogP contribution in [0.5, 0.6) is 0 Å². The van der Waals surface area contributed by atoms with Gasteiger partial charge in [0.15, 0.2) is 0 Å². The van der Waals surface area contributed by atoms with Crippen molar-refractivity contribution in [3.63, 3.8) is 0 Å². The molecule has 1 aromatic heterocycles. The molecule has 1 fully saturated rings. The minimum absolute atomic E-state index is 0. The van der Waals surface area contributed by atoms with E-state index < -0.39 is 6.10 Å². The van der Waals surface area contributed by atoms with Crippen LogP contribution < -0.4 is 5.32 Å². The molecule has 0 amide bonds. The molecule has 1 saturated heterocycles. The average molecular weight is 367 g/mol. The largest absolute Gasteiger partial charge is 0.460 e. The summed E-state index contributed by atoms with van der Waals surface area (Å²) < 4.78 is 11.3. The van der Waals surface area contributed by atoms with Crippen LogP contribution in [0.25, 0.3) is 11.3 Å². The Morgan fingerprint density at radius 2 is 1.84 bits per heavy atom. The highest BCUT2D eigenvalue weighted by atomic mass is 35.5. The van der Waals surface area contributed by atoms with E-state index in [0.29, 0.717) is 0 Å². The summed E-state index contributed by atoms with van der Waals surface area (Å²) in [6.07, 6.45) is -0.443. The van der Waals surface area contributed by atoms with Crippen molar-refractivity contribution in [2.45, 2.75) is 19.6 Å². The molecule has 5 nitrogen and oxygen atoms in total. The maximum Gasteiger partial charge on any atom is 0.134 e. The summed E-state index contributed by atoms with van der Waals surface area (Å²) in [6, 6.07) is 11.8. The lowest BCUT2D eigenvalue weighted by Gasteiger charge is -2.26. The summed E-state index contributed by atoms with van der Waals surface area (Å²) in [5, 5.41) is 13.0. The lowest BCUT2D eigenvalue weighted by Crippen LogP contribution is -2.40. The first-order chi connectivity index (χ1) is 11.7. The number of nitrogens with zero attached hydrogens (tertiary/aromatic N) is 1. The van der Waals surface area contributed by atoms with Crippen molar-refractivity contribution in [3.8, 4) is 11.3 Å². The van der Waals surface area contributed by atoms with Crippen LogP contribution in [0.4, 0.5) is 0 Å². The normalized spacial score (nSPS) is 16.4. The minimum atomic E-state index is -0.443. The Bertz CT molecular complexity index is 622. The number of benzene rings is 1. The molecule has 2 aromatic rings. The molecule has 1 aliphatic heterocycles. The third-order valence-corrected chi connectivity index (χ3v) is 4.35. The van der Waals surface area contributed by atoms with E-state index in [1.165, 1.54) is 0 Å². The highest BCUT2D eigenvalue weighted by Gasteiger charge is 2.10. The second kappa shape index (κ2) is 9.94. The van der Waals surface area contributed by atoms with Crippen molar-refractivity contribution < 1.29 is 14.3 Å². The number of ether oxygens (including phenoxy) is 1. The Morgan fingerprint density at radius 3 is 2.52 bits per heavy atom. The first kappa shape index (κ1) is 19.9. The summed E-state index contributed by atoms with van der Waals surface area (Å²) in [5.41, 5.74) is 1.94. The maximum absolute atomic E-state index is 9.56. The van der Waals surface area contributed by atoms with Crippen molar-refractivity contribution in [1.82, 2.24) is 10.2 Å². The van der Waals surface area contributed by atoms with Gasteiger partial charge in [-0.25, -0.2) is 0 Å². The highest BCUT2D eigenvalue weighted by molar-refractivity contribution is 5.85. The lowest BCUT2D eigenvalue weighted by atomic mass is 10.1. The molecule has 2 N–H and O–H groups in total. The van der Waals surface area contributed by atoms with Gasteiger partial charge in [-0.2, -0.15) is 0 Å². The van der Waals surface area contributed by atoms with Crippen LogP contribution in [0.3, 0.4) is 0 Å². The van der Waals surface area contributed by atoms with Gasteiger partial charge in [0.25, 0.3) is 0 Å². The smallest absolute Gasteiger partial charge is 0.134 e. The van der Waals surface area contributed by atoms with Crippen molar-refractivity contribution in [3.05, 3.63) is 47.7 Å². The fourth-order valence-electron chi connectivity index (χ4n) is 2.83. The Balaban J connectivity index is 0.00000225. The number of morpholine rings is 1. The zero-order valence-corrected chi connectivity index (χ0v) is 15.4. The molecular formula is C19H27ClN2O3. The van der Waals surface area contributed by atoms with Gasteiger partial charge in [0.05, 0.1) is 25.9 Å². The number of hydrogen-bond acceptors (Lipinski definition) is 5. The molecule has 1 aliphatic rings. The van der Waals surface area contributed by atoms with Crippen LogP contribution >= 0.6 is 12.4 Å². The van der Waals surface area contributed by atoms with Crippen LogP contribution in [0.2, 0.25) is 0 Å². The Labute approximate surface area is 155 Å². The summed E-state index contributed by atoms with van der Waals surface area (Å²) in [6.45, 7) is 8.21. The van der Waals surface area contributed by atoms with E-state index in [2.05, 4.69) is 10.2 Å². The average Bonchev–Trinajstić information content (AvgIpc) is 3.09. The summed E-state index contributed by atoms with van der Waals surface area (Å²) in [4.78, 5) is 2.41. The topological polar surface area (TPSA) is 57.9 Å². The van der Waals surface area contributed by atoms with Gasteiger partial charge >= 0.3 is 0 Å². The van der Waals surface area contributed by atoms with E-state index in [1.807, 2.05) is 36.4 Å². The molecule has 0 spiro atoms. The van der Waals surface area contributed by atoms with E-state index in [1.54, 1.807) is 6.92 Å². The Hall–Kier alpha value is -1.37. The van der Waals surface area contributed by atoms with Gasteiger partial charge < -0.3 is 19.6 Å². The molecule has 0 bridgehead atoms. The Kier molecular flexibility index (Phi) is 7.93. The van der Waals surface area contributed by atoms with Gasteiger partial charge in [-0.3, -0.25) is 4.90 Å². The quantitative estimate of drug-likeness (QED) is 0.738. The van der Waals surface area contributed by atoms with Crippen LogP contribution in [0.1, 0.15) is 24.4 Å². The SMILES string of the molecule is CC(O)c1ccc(-c2ccc(CNCCN3CCOCC3)o2)cc1.Cl. The number of nitrogens with one attached hydrogen (secondary N) is 1. The molecular weight excluding hydrogens is 340 g/mol. The van der Waals surface area contributed by atoms with Crippen molar-refractivity contribution in [2.24, 2.45) is 0 Å². The second-order valence-corrected chi connectivity index (χ2v) is 6.19. The third-order valence-electron chi connectivity index (χ3n) is 4.35. The number of furan rings is 1. The molecule has 1 aromatic carbocycles. The van der Waals surface area contributed by atoms with Crippen LogP contribution in [-0.4, -0.2) is 49.4 Å². The first-order valence-corrected chi connectivity index (χ1v) is 8.60. The monoisotopic (exact) mass is 366 g/mol. The number of aliphatic hydroxyl groups is 1. The summed E-state index contributed by atoms with van der Waals surface area (Å²) >= 11 is 0. The van der Waals surface area contributed by atoms with E-state index in [-0.39, 0.29) is 12.4 Å². The molecule has 0 radical (unpaired) electrons. The summed E-state index contributed by atoms with van der Waals surface area (Å²) in [5.74, 6) is 1.80. The van der Waals surface area contributed by atoms with Gasteiger partial charge in [0, 0.05) is 31.7 Å². The molecule has 0 saturated carbocycles. The number of rotatable bonds is 7. The van der Waals surface area contributed by atoms with E-state index in [0.717, 1.165) is 68.6 Å². The Morgan fingerprint density at radius 1 is 1.12 bits per heavy atom. The standard InChI is InChI=1S/C19H26N2O3.ClH/c1-15(22)16-2-4-17(5-3-16)19-7-6-18(24-19)14-20-8-9-21-10-12-23-13-11-21;/h2-7,15,20,22H,8-14H2,1H3;1H. The fourth-order valence-corrected chi connectivity index (χ4v) is 2.83. The first-order valence-electron chi connectivity index (χ1n) is 8.60. The summed E-state index contributed by atoms with van der Waals surface area (Å²) in [7, 11) is 0. The van der Waals surface area contributed by atoms with Crippen LogP contribution in [-0.2, 0) is 11.3 Å². The second-order valence-electron chi connectivity index (χ2n) is 6.19. The third kappa shape index (κ3) is 5.83. The fraction of sp³-hybridized carbons (Fsp3) is 0.474. The maximum atomic E-state index is 9.56. The van der Waals surface area contributed by atoms with Gasteiger partial charge in [0.1, 0.15) is 11.5 Å². The molecule has 2 heterocycles. The zero-order chi connectivity index (χ0) is 16.8. The van der Waals surface area contributed by atoms with E-state index >= 15 is 0 Å². The van der Waals surface area contributed by atoms with E-state index in [9.17, 15) is 5.11 Å². The zero-order valence-electron chi connectivity index (χ0n) is 14.6.